The number of aromatic nitrogens is 2. The van der Waals surface area contributed by atoms with Crippen LogP contribution in [0.1, 0.15) is 63.4 Å². The highest BCUT2D eigenvalue weighted by atomic mass is 16.5. The van der Waals surface area contributed by atoms with Gasteiger partial charge in [0.15, 0.2) is 11.5 Å². The fourth-order valence-corrected chi connectivity index (χ4v) is 7.17. The highest BCUT2D eigenvalue weighted by Crippen LogP contribution is 2.37. The maximum atomic E-state index is 13.3. The normalized spacial score (nSPS) is 14.8. The summed E-state index contributed by atoms with van der Waals surface area (Å²) in [6.07, 6.45) is 7.29. The number of anilines is 5. The molecular weight excluding hydrogens is 713 g/mol. The molecule has 4 amide bonds. The zero-order chi connectivity index (χ0) is 39.3. The lowest BCUT2D eigenvalue weighted by molar-refractivity contribution is -0.116. The Kier molecular flexibility index (Phi) is 11.0. The van der Waals surface area contributed by atoms with Crippen molar-refractivity contribution in [3.63, 3.8) is 0 Å². The van der Waals surface area contributed by atoms with Crippen molar-refractivity contribution in [3.05, 3.63) is 102 Å². The van der Waals surface area contributed by atoms with Crippen LogP contribution in [0, 0.1) is 0 Å². The Bertz CT molecular complexity index is 2260. The van der Waals surface area contributed by atoms with Gasteiger partial charge in [-0.2, -0.15) is 0 Å². The highest BCUT2D eigenvalue weighted by molar-refractivity contribution is 6.05. The van der Waals surface area contributed by atoms with Crippen LogP contribution in [-0.4, -0.2) is 70.5 Å². The minimum atomic E-state index is -0.336. The van der Waals surface area contributed by atoms with Crippen molar-refractivity contribution in [3.8, 4) is 22.6 Å². The van der Waals surface area contributed by atoms with Gasteiger partial charge in [-0.15, -0.1) is 0 Å². The summed E-state index contributed by atoms with van der Waals surface area (Å²) in [6.45, 7) is 1.71. The van der Waals surface area contributed by atoms with Crippen molar-refractivity contribution in [1.82, 2.24) is 14.0 Å². The number of fused-ring (bicyclic) bond motifs is 2. The third-order valence-corrected chi connectivity index (χ3v) is 10.2. The number of piperidine rings is 1. The Balaban J connectivity index is 0.894. The molecule has 0 unspecified atom stereocenters. The summed E-state index contributed by atoms with van der Waals surface area (Å²) in [7, 11) is 5.09. The van der Waals surface area contributed by atoms with Gasteiger partial charge in [0.05, 0.1) is 30.7 Å². The molecule has 2 aliphatic heterocycles. The minimum Gasteiger partial charge on any atom is -0.493 e. The van der Waals surface area contributed by atoms with Gasteiger partial charge in [-0.25, -0.2) is 0 Å². The van der Waals surface area contributed by atoms with Crippen LogP contribution < -0.4 is 36.5 Å². The number of hydrogen-bond donors (Lipinski definition) is 5. The maximum Gasteiger partial charge on any atom is 0.272 e. The standard InChI is InChI=1S/C42H46N8O6/c1-48-24-27(19-35(48)40(52)47-30-15-11-28(43)12-16-30)26-9-13-29(14-10-26)46-41(53)36-20-31(25-49(36)2)45-39(51)8-6-18-56-38-22-34-33(21-37(38)55-3)42(54)50-17-5-4-7-32(50)23-44-34/h9-16,19-22,24-25,32,44H,4-8,17-18,23,43H2,1-3H3,(H,45,51)(H,46,53)(H,47,52)/t32-/m0/s1. The van der Waals surface area contributed by atoms with E-state index in [2.05, 4.69) is 21.3 Å². The van der Waals surface area contributed by atoms with Gasteiger partial charge in [-0.1, -0.05) is 12.1 Å². The number of methoxy groups -OCH3 is 1. The summed E-state index contributed by atoms with van der Waals surface area (Å²) in [6, 6.07) is 21.4. The van der Waals surface area contributed by atoms with E-state index in [1.54, 1.807) is 84.1 Å². The molecule has 0 aliphatic carbocycles. The van der Waals surface area contributed by atoms with Crippen molar-refractivity contribution in [2.24, 2.45) is 14.1 Å². The first-order chi connectivity index (χ1) is 27.1. The zero-order valence-electron chi connectivity index (χ0n) is 31.7. The Morgan fingerprint density at radius 2 is 1.48 bits per heavy atom. The Morgan fingerprint density at radius 1 is 0.804 bits per heavy atom. The van der Waals surface area contributed by atoms with Gasteiger partial charge < -0.3 is 50.5 Å². The fourth-order valence-electron chi connectivity index (χ4n) is 7.17. The molecule has 0 spiro atoms. The third-order valence-electron chi connectivity index (χ3n) is 10.2. The smallest absolute Gasteiger partial charge is 0.272 e. The lowest BCUT2D eigenvalue weighted by atomic mass is 10.0. The van der Waals surface area contributed by atoms with Gasteiger partial charge in [0.1, 0.15) is 11.4 Å². The number of nitrogens with one attached hydrogen (secondary N) is 4. The Labute approximate surface area is 324 Å². The number of amides is 4. The number of hydrogen-bond acceptors (Lipinski definition) is 8. The molecule has 14 nitrogen and oxygen atoms in total. The largest absolute Gasteiger partial charge is 0.493 e. The molecule has 0 radical (unpaired) electrons. The first-order valence-electron chi connectivity index (χ1n) is 18.7. The second-order valence-electron chi connectivity index (χ2n) is 14.1. The molecule has 2 aliphatic rings. The number of nitrogens with two attached hydrogens (primary N) is 1. The van der Waals surface area contributed by atoms with E-state index in [0.717, 1.165) is 42.6 Å². The fraction of sp³-hybridized carbons (Fsp3) is 0.286. The lowest BCUT2D eigenvalue weighted by Gasteiger charge is -2.34. The first-order valence-corrected chi connectivity index (χ1v) is 18.7. The number of aryl methyl sites for hydroxylation is 2. The molecule has 6 N–H and O–H groups in total. The average Bonchev–Trinajstić information content (AvgIpc) is 3.74. The summed E-state index contributed by atoms with van der Waals surface area (Å²) in [5, 5.41) is 12.1. The van der Waals surface area contributed by atoms with Gasteiger partial charge in [0, 0.05) is 80.7 Å². The summed E-state index contributed by atoms with van der Waals surface area (Å²) < 4.78 is 15.0. The number of nitrogen functional groups attached to an aromatic ring is 1. The molecule has 3 aromatic carbocycles. The van der Waals surface area contributed by atoms with E-state index < -0.39 is 0 Å². The van der Waals surface area contributed by atoms with Crippen LogP contribution in [0.2, 0.25) is 0 Å². The number of carbonyl (C=O) groups is 4. The van der Waals surface area contributed by atoms with Crippen molar-refractivity contribution in [2.75, 3.05) is 53.8 Å². The quantitative estimate of drug-likeness (QED) is 0.0724. The van der Waals surface area contributed by atoms with E-state index in [4.69, 9.17) is 15.2 Å². The molecule has 1 saturated heterocycles. The topological polar surface area (TPSA) is 174 Å². The summed E-state index contributed by atoms with van der Waals surface area (Å²) in [4.78, 5) is 54.2. The molecular formula is C42H46N8O6. The molecule has 56 heavy (non-hydrogen) atoms. The van der Waals surface area contributed by atoms with E-state index in [-0.39, 0.29) is 42.7 Å². The third kappa shape index (κ3) is 8.33. The molecule has 5 aromatic rings. The van der Waals surface area contributed by atoms with Crippen molar-refractivity contribution in [2.45, 2.75) is 38.1 Å². The van der Waals surface area contributed by atoms with Crippen LogP contribution in [0.25, 0.3) is 11.1 Å². The molecule has 1 fully saturated rings. The number of benzene rings is 3. The van der Waals surface area contributed by atoms with E-state index in [0.29, 0.717) is 64.2 Å². The summed E-state index contributed by atoms with van der Waals surface area (Å²) in [5.41, 5.74) is 12.0. The van der Waals surface area contributed by atoms with Crippen LogP contribution in [0.3, 0.4) is 0 Å². The first kappa shape index (κ1) is 37.6. The van der Waals surface area contributed by atoms with Gasteiger partial charge in [0.25, 0.3) is 17.7 Å². The van der Waals surface area contributed by atoms with Gasteiger partial charge in [-0.3, -0.25) is 19.2 Å². The second kappa shape index (κ2) is 16.3. The number of nitrogens with zero attached hydrogens (tertiary/aromatic N) is 3. The average molecular weight is 759 g/mol. The van der Waals surface area contributed by atoms with Crippen LogP contribution in [0.5, 0.6) is 11.5 Å². The van der Waals surface area contributed by atoms with Gasteiger partial charge in [-0.05, 0) is 85.8 Å². The molecule has 1 atom stereocenters. The van der Waals surface area contributed by atoms with Crippen LogP contribution in [0.15, 0.2) is 85.2 Å². The maximum absolute atomic E-state index is 13.3. The predicted molar refractivity (Wildman–Crippen MR) is 217 cm³/mol. The monoisotopic (exact) mass is 758 g/mol. The second-order valence-corrected chi connectivity index (χ2v) is 14.1. The van der Waals surface area contributed by atoms with Crippen molar-refractivity contribution >= 4 is 52.1 Å². The van der Waals surface area contributed by atoms with E-state index >= 15 is 0 Å². The molecule has 7 rings (SSSR count). The molecule has 14 heteroatoms. The van der Waals surface area contributed by atoms with Crippen molar-refractivity contribution in [1.29, 1.82) is 0 Å². The van der Waals surface area contributed by atoms with Gasteiger partial charge >= 0.3 is 0 Å². The SMILES string of the molecule is COc1cc2c(cc1OCCCC(=O)Nc1cc(C(=O)Nc3ccc(-c4cc(C(=O)Nc5ccc(N)cc5)n(C)c4)cc3)n(C)c1)NC[C@@H]1CCCCN1C2=O. The molecule has 0 bridgehead atoms. The van der Waals surface area contributed by atoms with Crippen LogP contribution in [-0.2, 0) is 18.9 Å². The lowest BCUT2D eigenvalue weighted by Crippen LogP contribution is -2.45. The molecule has 290 valence electrons. The predicted octanol–water partition coefficient (Wildman–Crippen LogP) is 6.34. The van der Waals surface area contributed by atoms with E-state index in [9.17, 15) is 19.2 Å². The summed E-state index contributed by atoms with van der Waals surface area (Å²) in [5.74, 6) is 0.178. The zero-order valence-corrected chi connectivity index (χ0v) is 31.7. The van der Waals surface area contributed by atoms with E-state index in [1.807, 2.05) is 36.3 Å². The van der Waals surface area contributed by atoms with E-state index in [1.165, 1.54) is 0 Å². The summed E-state index contributed by atoms with van der Waals surface area (Å²) >= 11 is 0. The number of carbonyl (C=O) groups excluding carboxylic acids is 4. The number of ether oxygens (including phenoxy) is 2. The Morgan fingerprint density at radius 3 is 2.20 bits per heavy atom. The number of rotatable bonds is 12. The minimum absolute atomic E-state index is 0.00517. The Hall–Kier alpha value is -6.70. The molecule has 0 saturated carbocycles. The van der Waals surface area contributed by atoms with Crippen molar-refractivity contribution < 1.29 is 28.7 Å². The van der Waals surface area contributed by atoms with Crippen LogP contribution in [0.4, 0.5) is 28.4 Å². The molecule has 4 heterocycles. The van der Waals surface area contributed by atoms with Gasteiger partial charge in [0.2, 0.25) is 5.91 Å². The molecule has 2 aromatic heterocycles. The highest BCUT2D eigenvalue weighted by Gasteiger charge is 2.32. The van der Waals surface area contributed by atoms with Crippen LogP contribution >= 0.6 is 0 Å².